The molecule has 0 atom stereocenters. The average Bonchev–Trinajstić information content (AvgIpc) is 3.11. The molecule has 1 saturated carbocycles. The minimum atomic E-state index is -0.179. The van der Waals surface area contributed by atoms with Crippen molar-refractivity contribution in [2.45, 2.75) is 25.3 Å². The van der Waals surface area contributed by atoms with Crippen LogP contribution in [0.3, 0.4) is 0 Å². The third kappa shape index (κ3) is 4.51. The molecule has 1 aromatic carbocycles. The Hall–Kier alpha value is -1.04. The zero-order valence-corrected chi connectivity index (χ0v) is 13.1. The van der Waals surface area contributed by atoms with Gasteiger partial charge < -0.3 is 16.0 Å². The fraction of sp³-hybridized carbons (Fsp3) is 0.385. The fourth-order valence-corrected chi connectivity index (χ4v) is 2.51. The SMILES string of the molecule is NC(=S)CCN(C(=O)Nc1cc(Cl)cc(Cl)c1)C1CC1. The van der Waals surface area contributed by atoms with E-state index in [1.807, 2.05) is 0 Å². The van der Waals surface area contributed by atoms with E-state index in [1.54, 1.807) is 23.1 Å². The van der Waals surface area contributed by atoms with Crippen LogP contribution in [0.15, 0.2) is 18.2 Å². The van der Waals surface area contributed by atoms with Crippen molar-refractivity contribution in [3.05, 3.63) is 28.2 Å². The standard InChI is InChI=1S/C13H15Cl2N3OS/c14-8-5-9(15)7-10(6-8)17-13(19)18(11-1-2-11)4-3-12(16)20/h5-7,11H,1-4H2,(H2,16,20)(H,17,19). The summed E-state index contributed by atoms with van der Waals surface area (Å²) in [6.45, 7) is 0.528. The molecule has 1 aliphatic carbocycles. The Bertz CT molecular complexity index is 514. The zero-order valence-electron chi connectivity index (χ0n) is 10.7. The molecule has 1 fully saturated rings. The van der Waals surface area contributed by atoms with Gasteiger partial charge in [0.2, 0.25) is 0 Å². The van der Waals surface area contributed by atoms with Crippen molar-refractivity contribution in [2.24, 2.45) is 5.73 Å². The maximum absolute atomic E-state index is 12.3. The van der Waals surface area contributed by atoms with Gasteiger partial charge in [0.15, 0.2) is 0 Å². The van der Waals surface area contributed by atoms with Gasteiger partial charge in [0.1, 0.15) is 0 Å². The summed E-state index contributed by atoms with van der Waals surface area (Å²) in [4.78, 5) is 14.4. The van der Waals surface area contributed by atoms with Crippen LogP contribution in [-0.2, 0) is 0 Å². The van der Waals surface area contributed by atoms with E-state index < -0.39 is 0 Å². The largest absolute Gasteiger partial charge is 0.393 e. The molecule has 1 aliphatic rings. The van der Waals surface area contributed by atoms with E-state index in [2.05, 4.69) is 5.32 Å². The summed E-state index contributed by atoms with van der Waals surface area (Å²) in [6.07, 6.45) is 2.55. The van der Waals surface area contributed by atoms with E-state index in [1.165, 1.54) is 0 Å². The number of rotatable bonds is 5. The topological polar surface area (TPSA) is 58.4 Å². The minimum Gasteiger partial charge on any atom is -0.393 e. The van der Waals surface area contributed by atoms with Crippen molar-refractivity contribution >= 4 is 52.1 Å². The molecular weight excluding hydrogens is 317 g/mol. The summed E-state index contributed by atoms with van der Waals surface area (Å²) in [6, 6.07) is 5.03. The minimum absolute atomic E-state index is 0.179. The highest BCUT2D eigenvalue weighted by Gasteiger charge is 2.32. The second-order valence-electron chi connectivity index (χ2n) is 4.73. The summed E-state index contributed by atoms with van der Waals surface area (Å²) >= 11 is 16.7. The lowest BCUT2D eigenvalue weighted by molar-refractivity contribution is 0.210. The number of nitrogens with one attached hydrogen (secondary N) is 1. The number of amides is 2. The summed E-state index contributed by atoms with van der Waals surface area (Å²) in [7, 11) is 0. The highest BCUT2D eigenvalue weighted by Crippen LogP contribution is 2.28. The van der Waals surface area contributed by atoms with Gasteiger partial charge in [0, 0.05) is 34.7 Å². The molecule has 3 N–H and O–H groups in total. The summed E-state index contributed by atoms with van der Waals surface area (Å²) < 4.78 is 0. The van der Waals surface area contributed by atoms with Crippen LogP contribution < -0.4 is 11.1 Å². The molecule has 2 rings (SSSR count). The number of thiocarbonyl (C=S) groups is 1. The third-order valence-corrected chi connectivity index (χ3v) is 3.60. The average molecular weight is 332 g/mol. The molecule has 0 aliphatic heterocycles. The number of carbonyl (C=O) groups is 1. The van der Waals surface area contributed by atoms with E-state index in [0.717, 1.165) is 12.8 Å². The summed E-state index contributed by atoms with van der Waals surface area (Å²) in [5.74, 6) is 0. The number of nitrogens with zero attached hydrogens (tertiary/aromatic N) is 1. The van der Waals surface area contributed by atoms with Crippen LogP contribution >= 0.6 is 35.4 Å². The van der Waals surface area contributed by atoms with Gasteiger partial charge in [0.25, 0.3) is 0 Å². The van der Waals surface area contributed by atoms with Crippen molar-refractivity contribution < 1.29 is 4.79 Å². The van der Waals surface area contributed by atoms with E-state index in [4.69, 9.17) is 41.2 Å². The molecule has 20 heavy (non-hydrogen) atoms. The molecule has 0 unspecified atom stereocenters. The number of carbonyl (C=O) groups excluding carboxylic acids is 1. The van der Waals surface area contributed by atoms with Crippen LogP contribution in [0.4, 0.5) is 10.5 Å². The Morgan fingerprint density at radius 2 is 1.95 bits per heavy atom. The number of nitrogens with two attached hydrogens (primary N) is 1. The molecule has 0 saturated heterocycles. The first-order valence-corrected chi connectivity index (χ1v) is 7.44. The first-order valence-electron chi connectivity index (χ1n) is 6.28. The lowest BCUT2D eigenvalue weighted by atomic mass is 10.3. The Labute approximate surface area is 133 Å². The summed E-state index contributed by atoms with van der Waals surface area (Å²) in [5, 5.41) is 3.76. The molecule has 0 spiro atoms. The molecule has 0 heterocycles. The number of anilines is 1. The first-order chi connectivity index (χ1) is 9.45. The second kappa shape index (κ2) is 6.61. The highest BCUT2D eigenvalue weighted by atomic mass is 35.5. The number of hydrogen-bond donors (Lipinski definition) is 2. The highest BCUT2D eigenvalue weighted by molar-refractivity contribution is 7.80. The molecule has 0 aromatic heterocycles. The summed E-state index contributed by atoms with van der Waals surface area (Å²) in [5.41, 5.74) is 6.07. The Kier molecular flexibility index (Phi) is 5.07. The monoisotopic (exact) mass is 331 g/mol. The van der Waals surface area contributed by atoms with Crippen LogP contribution in [0.5, 0.6) is 0 Å². The quantitative estimate of drug-likeness (QED) is 0.809. The predicted molar refractivity (Wildman–Crippen MR) is 86.6 cm³/mol. The van der Waals surface area contributed by atoms with Crippen molar-refractivity contribution in [1.29, 1.82) is 0 Å². The maximum Gasteiger partial charge on any atom is 0.322 e. The van der Waals surface area contributed by atoms with Crippen molar-refractivity contribution in [2.75, 3.05) is 11.9 Å². The Morgan fingerprint density at radius 1 is 1.35 bits per heavy atom. The number of halogens is 2. The second-order valence-corrected chi connectivity index (χ2v) is 6.13. The lowest BCUT2D eigenvalue weighted by Gasteiger charge is -2.22. The van der Waals surface area contributed by atoms with Crippen LogP contribution in [0.25, 0.3) is 0 Å². The molecule has 4 nitrogen and oxygen atoms in total. The van der Waals surface area contributed by atoms with Crippen LogP contribution in [0, 0.1) is 0 Å². The zero-order chi connectivity index (χ0) is 14.7. The third-order valence-electron chi connectivity index (χ3n) is 2.96. The van der Waals surface area contributed by atoms with E-state index >= 15 is 0 Å². The molecular formula is C13H15Cl2N3OS. The number of urea groups is 1. The van der Waals surface area contributed by atoms with Crippen molar-refractivity contribution in [3.63, 3.8) is 0 Å². The van der Waals surface area contributed by atoms with Crippen LogP contribution in [0.1, 0.15) is 19.3 Å². The van der Waals surface area contributed by atoms with E-state index in [0.29, 0.717) is 33.7 Å². The van der Waals surface area contributed by atoms with Crippen molar-refractivity contribution in [3.8, 4) is 0 Å². The van der Waals surface area contributed by atoms with E-state index in [-0.39, 0.29) is 12.1 Å². The Morgan fingerprint density at radius 3 is 2.45 bits per heavy atom. The van der Waals surface area contributed by atoms with E-state index in [9.17, 15) is 4.79 Å². The van der Waals surface area contributed by atoms with Gasteiger partial charge >= 0.3 is 6.03 Å². The number of hydrogen-bond acceptors (Lipinski definition) is 2. The molecule has 7 heteroatoms. The molecule has 0 bridgehead atoms. The Balaban J connectivity index is 2.02. The lowest BCUT2D eigenvalue weighted by Crippen LogP contribution is -2.38. The smallest absolute Gasteiger partial charge is 0.322 e. The van der Waals surface area contributed by atoms with Gasteiger partial charge in [-0.15, -0.1) is 0 Å². The predicted octanol–water partition coefficient (Wildman–Crippen LogP) is 3.67. The molecule has 0 radical (unpaired) electrons. The normalized spacial score (nSPS) is 13.9. The van der Waals surface area contributed by atoms with Gasteiger partial charge in [-0.2, -0.15) is 0 Å². The molecule has 2 amide bonds. The maximum atomic E-state index is 12.3. The first kappa shape index (κ1) is 15.4. The van der Waals surface area contributed by atoms with Crippen molar-refractivity contribution in [1.82, 2.24) is 4.90 Å². The van der Waals surface area contributed by atoms with Gasteiger partial charge in [0.05, 0.1) is 4.99 Å². The van der Waals surface area contributed by atoms with Gasteiger partial charge in [-0.1, -0.05) is 35.4 Å². The number of benzene rings is 1. The van der Waals surface area contributed by atoms with Crippen LogP contribution in [-0.4, -0.2) is 28.5 Å². The van der Waals surface area contributed by atoms with Gasteiger partial charge in [-0.05, 0) is 31.0 Å². The van der Waals surface area contributed by atoms with Crippen LogP contribution in [0.2, 0.25) is 10.0 Å². The molecule has 108 valence electrons. The van der Waals surface area contributed by atoms with Gasteiger partial charge in [-0.3, -0.25) is 0 Å². The molecule has 1 aromatic rings. The fourth-order valence-electron chi connectivity index (χ4n) is 1.89. The van der Waals surface area contributed by atoms with Gasteiger partial charge in [-0.25, -0.2) is 4.79 Å².